The maximum absolute atomic E-state index is 5.57. The van der Waals surface area contributed by atoms with Gasteiger partial charge in [-0.3, -0.25) is 0 Å². The summed E-state index contributed by atoms with van der Waals surface area (Å²) in [5, 5.41) is 3.41. The van der Waals surface area contributed by atoms with E-state index in [-0.39, 0.29) is 0 Å². The van der Waals surface area contributed by atoms with Crippen molar-refractivity contribution in [3.63, 3.8) is 0 Å². The molecule has 1 fully saturated rings. The Morgan fingerprint density at radius 1 is 1.33 bits per heavy atom. The summed E-state index contributed by atoms with van der Waals surface area (Å²) in [4.78, 5) is 0. The van der Waals surface area contributed by atoms with Gasteiger partial charge >= 0.3 is 0 Å². The predicted octanol–water partition coefficient (Wildman–Crippen LogP) is 1.97. The molecular weight excluding hydrogens is 230 g/mol. The van der Waals surface area contributed by atoms with Crippen molar-refractivity contribution in [2.24, 2.45) is 0 Å². The molecule has 1 N–H and O–H groups in total. The van der Waals surface area contributed by atoms with E-state index in [0.717, 1.165) is 43.2 Å². The summed E-state index contributed by atoms with van der Waals surface area (Å²) in [6.45, 7) is 2.58. The molecular formula is C14H21NO3. The third-order valence-corrected chi connectivity index (χ3v) is 3.21. The minimum Gasteiger partial charge on any atom is -0.497 e. The second-order valence-electron chi connectivity index (χ2n) is 4.44. The molecule has 1 saturated heterocycles. The molecule has 4 nitrogen and oxygen atoms in total. The Hall–Kier alpha value is -1.26. The van der Waals surface area contributed by atoms with Gasteiger partial charge in [0.15, 0.2) is 0 Å². The Labute approximate surface area is 108 Å². The summed E-state index contributed by atoms with van der Waals surface area (Å²) in [5.41, 5.74) is 1.14. The monoisotopic (exact) mass is 251 g/mol. The van der Waals surface area contributed by atoms with Gasteiger partial charge in [-0.25, -0.2) is 0 Å². The van der Waals surface area contributed by atoms with Crippen LogP contribution in [0.1, 0.15) is 18.4 Å². The van der Waals surface area contributed by atoms with Gasteiger partial charge in [0.05, 0.1) is 20.3 Å². The van der Waals surface area contributed by atoms with Crippen LogP contribution in [0.4, 0.5) is 0 Å². The largest absolute Gasteiger partial charge is 0.497 e. The Morgan fingerprint density at radius 3 is 2.89 bits per heavy atom. The van der Waals surface area contributed by atoms with Gasteiger partial charge in [-0.05, 0) is 18.9 Å². The molecule has 1 aliphatic heterocycles. The fraction of sp³-hybridized carbons (Fsp3) is 0.571. The lowest BCUT2D eigenvalue weighted by Crippen LogP contribution is -2.25. The van der Waals surface area contributed by atoms with Crippen LogP contribution in [0.15, 0.2) is 18.2 Å². The second-order valence-corrected chi connectivity index (χ2v) is 4.44. The highest BCUT2D eigenvalue weighted by Crippen LogP contribution is 2.24. The highest BCUT2D eigenvalue weighted by molar-refractivity contribution is 5.40. The van der Waals surface area contributed by atoms with Crippen molar-refractivity contribution < 1.29 is 14.2 Å². The van der Waals surface area contributed by atoms with Crippen molar-refractivity contribution in [3.05, 3.63) is 23.8 Å². The molecule has 1 aliphatic rings. The number of rotatable bonds is 6. The molecule has 0 aromatic heterocycles. The van der Waals surface area contributed by atoms with E-state index in [0.29, 0.717) is 6.10 Å². The van der Waals surface area contributed by atoms with Crippen molar-refractivity contribution in [1.82, 2.24) is 5.32 Å². The van der Waals surface area contributed by atoms with E-state index in [2.05, 4.69) is 5.32 Å². The first-order valence-electron chi connectivity index (χ1n) is 6.36. The molecule has 1 aromatic carbocycles. The predicted molar refractivity (Wildman–Crippen MR) is 70.2 cm³/mol. The molecule has 0 aliphatic carbocycles. The smallest absolute Gasteiger partial charge is 0.127 e. The van der Waals surface area contributed by atoms with Crippen LogP contribution in [0.2, 0.25) is 0 Å². The van der Waals surface area contributed by atoms with Crippen molar-refractivity contribution >= 4 is 0 Å². The van der Waals surface area contributed by atoms with Crippen LogP contribution in [0.25, 0.3) is 0 Å². The zero-order valence-corrected chi connectivity index (χ0v) is 11.1. The zero-order chi connectivity index (χ0) is 12.8. The standard InChI is InChI=1S/C14H21NO3/c1-16-12-6-5-11(14(8-12)17-2)9-15-10-13-4-3-7-18-13/h5-6,8,13,15H,3-4,7,9-10H2,1-2H3/t13-/m1/s1. The minimum absolute atomic E-state index is 0.370. The first kappa shape index (κ1) is 13.2. The van der Waals surface area contributed by atoms with Gasteiger partial charge < -0.3 is 19.5 Å². The summed E-state index contributed by atoms with van der Waals surface area (Å²) < 4.78 is 16.1. The minimum atomic E-state index is 0.370. The highest BCUT2D eigenvalue weighted by atomic mass is 16.5. The normalized spacial score (nSPS) is 18.9. The van der Waals surface area contributed by atoms with Gasteiger partial charge in [-0.15, -0.1) is 0 Å². The lowest BCUT2D eigenvalue weighted by molar-refractivity contribution is 0.110. The molecule has 0 spiro atoms. The van der Waals surface area contributed by atoms with Gasteiger partial charge in [0, 0.05) is 31.3 Å². The molecule has 1 atom stereocenters. The van der Waals surface area contributed by atoms with E-state index in [4.69, 9.17) is 14.2 Å². The van der Waals surface area contributed by atoms with Gasteiger partial charge in [0.1, 0.15) is 11.5 Å². The molecule has 0 unspecified atom stereocenters. The molecule has 0 radical (unpaired) electrons. The van der Waals surface area contributed by atoms with E-state index >= 15 is 0 Å². The molecule has 1 heterocycles. The van der Waals surface area contributed by atoms with Crippen LogP contribution < -0.4 is 14.8 Å². The lowest BCUT2D eigenvalue weighted by atomic mass is 10.2. The Bertz CT molecular complexity index is 375. The summed E-state index contributed by atoms with van der Waals surface area (Å²) in [7, 11) is 3.34. The number of benzene rings is 1. The Kier molecular flexibility index (Phi) is 4.84. The maximum Gasteiger partial charge on any atom is 0.127 e. The third kappa shape index (κ3) is 3.37. The SMILES string of the molecule is COc1ccc(CNC[C@H]2CCCO2)c(OC)c1. The van der Waals surface area contributed by atoms with Crippen molar-refractivity contribution in [3.8, 4) is 11.5 Å². The average Bonchev–Trinajstić information content (AvgIpc) is 2.92. The zero-order valence-electron chi connectivity index (χ0n) is 11.1. The van der Waals surface area contributed by atoms with Crippen molar-refractivity contribution in [2.45, 2.75) is 25.5 Å². The van der Waals surface area contributed by atoms with Crippen LogP contribution in [0.3, 0.4) is 0 Å². The fourth-order valence-corrected chi connectivity index (χ4v) is 2.17. The quantitative estimate of drug-likeness (QED) is 0.839. The Balaban J connectivity index is 1.87. The van der Waals surface area contributed by atoms with Crippen LogP contribution in [-0.2, 0) is 11.3 Å². The third-order valence-electron chi connectivity index (χ3n) is 3.21. The highest BCUT2D eigenvalue weighted by Gasteiger charge is 2.14. The summed E-state index contributed by atoms with van der Waals surface area (Å²) >= 11 is 0. The molecule has 1 aromatic rings. The molecule has 0 amide bonds. The second kappa shape index (κ2) is 6.61. The number of ether oxygens (including phenoxy) is 3. The number of hydrogen-bond donors (Lipinski definition) is 1. The van der Waals surface area contributed by atoms with Crippen LogP contribution in [-0.4, -0.2) is 33.5 Å². The van der Waals surface area contributed by atoms with Crippen LogP contribution in [0, 0.1) is 0 Å². The van der Waals surface area contributed by atoms with Crippen molar-refractivity contribution in [1.29, 1.82) is 0 Å². The lowest BCUT2D eigenvalue weighted by Gasteiger charge is -2.13. The summed E-state index contributed by atoms with van der Waals surface area (Å²) in [6.07, 6.45) is 2.71. The Morgan fingerprint density at radius 2 is 2.22 bits per heavy atom. The van der Waals surface area contributed by atoms with E-state index in [1.165, 1.54) is 6.42 Å². The summed E-state index contributed by atoms with van der Waals surface area (Å²) in [5.74, 6) is 1.67. The molecule has 2 rings (SSSR count). The summed E-state index contributed by atoms with van der Waals surface area (Å²) in [6, 6.07) is 5.88. The molecule has 0 saturated carbocycles. The first-order valence-corrected chi connectivity index (χ1v) is 6.36. The van der Waals surface area contributed by atoms with E-state index in [1.54, 1.807) is 14.2 Å². The molecule has 100 valence electrons. The van der Waals surface area contributed by atoms with Crippen LogP contribution in [0.5, 0.6) is 11.5 Å². The van der Waals surface area contributed by atoms with Gasteiger partial charge in [-0.1, -0.05) is 6.07 Å². The average molecular weight is 251 g/mol. The molecule has 0 bridgehead atoms. The fourth-order valence-electron chi connectivity index (χ4n) is 2.17. The van der Waals surface area contributed by atoms with Gasteiger partial charge in [-0.2, -0.15) is 0 Å². The van der Waals surface area contributed by atoms with Gasteiger partial charge in [0.2, 0.25) is 0 Å². The van der Waals surface area contributed by atoms with E-state index < -0.39 is 0 Å². The molecule has 18 heavy (non-hydrogen) atoms. The van der Waals surface area contributed by atoms with Crippen molar-refractivity contribution in [2.75, 3.05) is 27.4 Å². The van der Waals surface area contributed by atoms with Crippen LogP contribution >= 0.6 is 0 Å². The maximum atomic E-state index is 5.57. The first-order chi connectivity index (χ1) is 8.83. The number of methoxy groups -OCH3 is 2. The topological polar surface area (TPSA) is 39.7 Å². The number of hydrogen-bond acceptors (Lipinski definition) is 4. The van der Waals surface area contributed by atoms with E-state index in [9.17, 15) is 0 Å². The van der Waals surface area contributed by atoms with Gasteiger partial charge in [0.25, 0.3) is 0 Å². The number of nitrogens with one attached hydrogen (secondary N) is 1. The molecule has 4 heteroatoms. The van der Waals surface area contributed by atoms with E-state index in [1.807, 2.05) is 18.2 Å².